The van der Waals surface area contributed by atoms with Crippen molar-refractivity contribution in [3.8, 4) is 0 Å². The van der Waals surface area contributed by atoms with Crippen LogP contribution in [0.15, 0.2) is 52.3 Å². The minimum Gasteiger partial charge on any atom is -0.491 e. The summed E-state index contributed by atoms with van der Waals surface area (Å²) in [5.74, 6) is -1.70. The number of aryl methyl sites for hydroxylation is 2. The van der Waals surface area contributed by atoms with E-state index in [1.165, 1.54) is 19.2 Å². The van der Waals surface area contributed by atoms with E-state index in [4.69, 9.17) is 15.2 Å². The minimum absolute atomic E-state index is 0.0666. The van der Waals surface area contributed by atoms with Gasteiger partial charge in [-0.2, -0.15) is 10.2 Å². The predicted octanol–water partition coefficient (Wildman–Crippen LogP) is 2.36. The van der Waals surface area contributed by atoms with Gasteiger partial charge >= 0.3 is 0 Å². The Balaban J connectivity index is 1.59. The summed E-state index contributed by atoms with van der Waals surface area (Å²) >= 11 is 0. The molecule has 0 amide bonds. The molecule has 2 aliphatic rings. The number of nitrogens with zero attached hydrogens (tertiary/aromatic N) is 5. The summed E-state index contributed by atoms with van der Waals surface area (Å²) in [5.41, 5.74) is 8.54. The molecule has 1 fully saturated rings. The number of benzene rings is 1. The van der Waals surface area contributed by atoms with Crippen LogP contribution in [-0.4, -0.2) is 53.8 Å². The standard InChI is InChI=1S/C25H31FN8O4S/c1-15-11-20(32-34(15)21-7-5-6-10-38-21)29-24-23(37-3)22(16-13-28-33(2)14-16)30-25(27,31-24)18-9-8-17(12-19(18)26)39(4,35)36/h8-9,11-14,21,30H,5-7,10,27H2,1-4H3,(H,29,31,32). The monoisotopic (exact) mass is 558 g/mol. The Bertz CT molecular complexity index is 1570. The molecule has 14 heteroatoms. The van der Waals surface area contributed by atoms with Gasteiger partial charge in [0.1, 0.15) is 5.82 Å². The molecule has 0 saturated carbocycles. The van der Waals surface area contributed by atoms with Crippen LogP contribution in [0.25, 0.3) is 5.70 Å². The highest BCUT2D eigenvalue weighted by atomic mass is 32.2. The zero-order valence-corrected chi connectivity index (χ0v) is 22.9. The van der Waals surface area contributed by atoms with Crippen LogP contribution in [0.3, 0.4) is 0 Å². The first-order valence-electron chi connectivity index (χ1n) is 12.4. The largest absolute Gasteiger partial charge is 0.491 e. The van der Waals surface area contributed by atoms with Crippen LogP contribution in [0.1, 0.15) is 42.3 Å². The van der Waals surface area contributed by atoms with E-state index in [1.54, 1.807) is 24.1 Å². The summed E-state index contributed by atoms with van der Waals surface area (Å²) in [6.45, 7) is 2.61. The maximum absolute atomic E-state index is 15.4. The number of amidine groups is 1. The normalized spacial score (nSPS) is 21.9. The number of ether oxygens (including phenoxy) is 2. The van der Waals surface area contributed by atoms with Crippen molar-refractivity contribution in [2.45, 2.75) is 43.1 Å². The maximum Gasteiger partial charge on any atom is 0.214 e. The number of nitrogens with one attached hydrogen (secondary N) is 2. The molecule has 208 valence electrons. The van der Waals surface area contributed by atoms with E-state index < -0.39 is 21.4 Å². The van der Waals surface area contributed by atoms with Crippen molar-refractivity contribution in [1.29, 1.82) is 0 Å². The van der Waals surface area contributed by atoms with Crippen LogP contribution in [0.4, 0.5) is 10.2 Å². The highest BCUT2D eigenvalue weighted by Gasteiger charge is 2.39. The first kappa shape index (κ1) is 26.8. The first-order chi connectivity index (χ1) is 18.5. The van der Waals surface area contributed by atoms with Crippen LogP contribution < -0.4 is 16.4 Å². The van der Waals surface area contributed by atoms with Gasteiger partial charge in [-0.15, -0.1) is 0 Å². The second-order valence-corrected chi connectivity index (χ2v) is 11.7. The van der Waals surface area contributed by atoms with Gasteiger partial charge in [0.25, 0.3) is 0 Å². The highest BCUT2D eigenvalue weighted by molar-refractivity contribution is 7.90. The van der Waals surface area contributed by atoms with Crippen molar-refractivity contribution in [2.75, 3.05) is 25.3 Å². The third kappa shape index (κ3) is 5.27. The predicted molar refractivity (Wildman–Crippen MR) is 143 cm³/mol. The van der Waals surface area contributed by atoms with Gasteiger partial charge in [0.2, 0.25) is 5.79 Å². The lowest BCUT2D eigenvalue weighted by Gasteiger charge is -2.35. The van der Waals surface area contributed by atoms with Crippen molar-refractivity contribution >= 4 is 27.2 Å². The Morgan fingerprint density at radius 1 is 1.31 bits per heavy atom. The zero-order valence-electron chi connectivity index (χ0n) is 22.1. The first-order valence-corrected chi connectivity index (χ1v) is 14.3. The van der Waals surface area contributed by atoms with Gasteiger partial charge in [0, 0.05) is 43.4 Å². The Hall–Kier alpha value is -3.75. The van der Waals surface area contributed by atoms with Gasteiger partial charge in [-0.05, 0) is 44.4 Å². The molecule has 0 spiro atoms. The lowest BCUT2D eigenvalue weighted by Crippen LogP contribution is -2.53. The maximum atomic E-state index is 15.4. The van der Waals surface area contributed by atoms with E-state index in [9.17, 15) is 8.42 Å². The smallest absolute Gasteiger partial charge is 0.214 e. The summed E-state index contributed by atoms with van der Waals surface area (Å²) in [7, 11) is -0.390. The minimum atomic E-state index is -3.63. The molecule has 1 saturated heterocycles. The van der Waals surface area contributed by atoms with Gasteiger partial charge in [-0.3, -0.25) is 10.4 Å². The molecule has 2 unspecified atom stereocenters. The number of hydrogen-bond acceptors (Lipinski definition) is 10. The number of anilines is 1. The van der Waals surface area contributed by atoms with Gasteiger partial charge < -0.3 is 20.1 Å². The number of aromatic nitrogens is 4. The van der Waals surface area contributed by atoms with Crippen LogP contribution in [0, 0.1) is 12.7 Å². The lowest BCUT2D eigenvalue weighted by atomic mass is 10.0. The number of halogens is 1. The second kappa shape index (κ2) is 10.1. The third-order valence-corrected chi connectivity index (χ3v) is 7.73. The van der Waals surface area contributed by atoms with Crippen molar-refractivity contribution in [3.63, 3.8) is 0 Å². The van der Waals surface area contributed by atoms with E-state index in [0.717, 1.165) is 37.3 Å². The van der Waals surface area contributed by atoms with Gasteiger partial charge in [0.05, 0.1) is 29.5 Å². The SMILES string of the molecule is COC1=C(c2cnn(C)c2)NC(N)(c2ccc(S(C)(=O)=O)cc2F)N=C1Nc1cc(C)n(C2CCCCO2)n1. The quantitative estimate of drug-likeness (QED) is 0.414. The molecular weight excluding hydrogens is 527 g/mol. The molecule has 39 heavy (non-hydrogen) atoms. The zero-order chi connectivity index (χ0) is 27.9. The Morgan fingerprint density at radius 2 is 2.10 bits per heavy atom. The Kier molecular flexibility index (Phi) is 6.95. The highest BCUT2D eigenvalue weighted by Crippen LogP contribution is 2.33. The molecule has 0 bridgehead atoms. The fourth-order valence-corrected chi connectivity index (χ4v) is 5.33. The molecule has 1 aromatic carbocycles. The molecule has 2 atom stereocenters. The molecular formula is C25H31FN8O4S. The van der Waals surface area contributed by atoms with E-state index in [-0.39, 0.29) is 22.5 Å². The molecule has 12 nitrogen and oxygen atoms in total. The number of aliphatic imine (C=N–C) groups is 1. The molecule has 0 aliphatic carbocycles. The summed E-state index contributed by atoms with van der Waals surface area (Å²) in [6.07, 6.45) is 7.12. The van der Waals surface area contributed by atoms with E-state index in [1.807, 2.05) is 17.7 Å². The molecule has 2 aromatic heterocycles. The molecule has 5 rings (SSSR count). The van der Waals surface area contributed by atoms with Gasteiger partial charge in [-0.1, -0.05) is 0 Å². The molecule has 3 aromatic rings. The summed E-state index contributed by atoms with van der Waals surface area (Å²) in [5, 5.41) is 15.2. The van der Waals surface area contributed by atoms with Crippen LogP contribution in [0.5, 0.6) is 0 Å². The van der Waals surface area contributed by atoms with Gasteiger partial charge in [0.15, 0.2) is 33.5 Å². The molecule has 4 N–H and O–H groups in total. The number of sulfone groups is 1. The van der Waals surface area contributed by atoms with Crippen LogP contribution in [-0.2, 0) is 32.1 Å². The average molecular weight is 559 g/mol. The fraction of sp³-hybridized carbons (Fsp3) is 0.400. The summed E-state index contributed by atoms with van der Waals surface area (Å²) < 4.78 is 54.4. The number of nitrogens with two attached hydrogens (primary N) is 1. The number of hydrogen-bond donors (Lipinski definition) is 3. The van der Waals surface area contributed by atoms with Crippen molar-refractivity contribution in [3.05, 3.63) is 65.1 Å². The Labute approximate surface area is 225 Å². The van der Waals surface area contributed by atoms with Crippen molar-refractivity contribution < 1.29 is 22.3 Å². The number of rotatable bonds is 6. The average Bonchev–Trinajstić information content (AvgIpc) is 3.48. The summed E-state index contributed by atoms with van der Waals surface area (Å²) in [6, 6.07) is 5.37. The topological polar surface area (TPSA) is 151 Å². The fourth-order valence-electron chi connectivity index (χ4n) is 4.70. The third-order valence-electron chi connectivity index (χ3n) is 6.62. The summed E-state index contributed by atoms with van der Waals surface area (Å²) in [4.78, 5) is 4.44. The van der Waals surface area contributed by atoms with Crippen LogP contribution >= 0.6 is 0 Å². The van der Waals surface area contributed by atoms with Crippen LogP contribution in [0.2, 0.25) is 0 Å². The van der Waals surface area contributed by atoms with Crippen molar-refractivity contribution in [1.82, 2.24) is 24.9 Å². The van der Waals surface area contributed by atoms with E-state index >= 15 is 4.39 Å². The molecule has 2 aliphatic heterocycles. The Morgan fingerprint density at radius 3 is 2.72 bits per heavy atom. The van der Waals surface area contributed by atoms with E-state index in [2.05, 4.69) is 25.8 Å². The number of methoxy groups -OCH3 is 1. The lowest BCUT2D eigenvalue weighted by molar-refractivity contribution is -0.0404. The van der Waals surface area contributed by atoms with E-state index in [0.29, 0.717) is 29.4 Å². The second-order valence-electron chi connectivity index (χ2n) is 9.64. The molecule has 4 heterocycles. The molecule has 0 radical (unpaired) electrons. The van der Waals surface area contributed by atoms with Gasteiger partial charge in [-0.25, -0.2) is 22.5 Å². The van der Waals surface area contributed by atoms with Crippen molar-refractivity contribution in [2.24, 2.45) is 17.8 Å².